The van der Waals surface area contributed by atoms with Crippen molar-refractivity contribution >= 4 is 20.9 Å². The average Bonchev–Trinajstić information content (AvgIpc) is 2.70. The van der Waals surface area contributed by atoms with Crippen LogP contribution in [0.15, 0.2) is 59.6 Å². The van der Waals surface area contributed by atoms with Crippen LogP contribution in [0.5, 0.6) is 5.75 Å². The van der Waals surface area contributed by atoms with Gasteiger partial charge in [-0.3, -0.25) is 4.98 Å². The van der Waals surface area contributed by atoms with Gasteiger partial charge < -0.3 is 4.74 Å². The molecule has 0 bridgehead atoms. The molecule has 3 aromatic rings. The molecule has 0 spiro atoms. The number of aromatic nitrogens is 1. The largest absolute Gasteiger partial charge is 0.488 e. The van der Waals surface area contributed by atoms with Crippen molar-refractivity contribution in [3.63, 3.8) is 0 Å². The van der Waals surface area contributed by atoms with Gasteiger partial charge in [0.2, 0.25) is 10.0 Å². The van der Waals surface area contributed by atoms with Gasteiger partial charge in [-0.25, -0.2) is 8.42 Å². The Morgan fingerprint density at radius 1 is 1.04 bits per heavy atom. The van der Waals surface area contributed by atoms with Gasteiger partial charge in [-0.05, 0) is 56.0 Å². The highest BCUT2D eigenvalue weighted by molar-refractivity contribution is 7.89. The highest BCUT2D eigenvalue weighted by atomic mass is 32.2. The van der Waals surface area contributed by atoms with Crippen LogP contribution in [0.1, 0.15) is 24.0 Å². The molecule has 0 N–H and O–H groups in total. The van der Waals surface area contributed by atoms with Gasteiger partial charge in [0.1, 0.15) is 17.4 Å². The molecule has 1 aliphatic heterocycles. The van der Waals surface area contributed by atoms with Crippen molar-refractivity contribution in [2.24, 2.45) is 0 Å². The summed E-state index contributed by atoms with van der Waals surface area (Å²) in [5.74, 6) is 0.758. The highest BCUT2D eigenvalue weighted by Gasteiger charge is 2.31. The van der Waals surface area contributed by atoms with E-state index >= 15 is 0 Å². The molecule has 0 amide bonds. The number of nitrogens with zero attached hydrogens (tertiary/aromatic N) is 2. The lowest BCUT2D eigenvalue weighted by atomic mass is 10.1. The summed E-state index contributed by atoms with van der Waals surface area (Å²) >= 11 is 0. The van der Waals surface area contributed by atoms with Gasteiger partial charge in [0.05, 0.1) is 4.90 Å². The summed E-state index contributed by atoms with van der Waals surface area (Å²) in [4.78, 5) is 4.83. The SMILES string of the molecule is Cc1ccc(C)c(S(=O)(=O)N2CCC(Oc3cccc4cccnc34)CC2)c1. The maximum atomic E-state index is 13.1. The van der Waals surface area contributed by atoms with E-state index in [0.717, 1.165) is 27.8 Å². The van der Waals surface area contributed by atoms with Crippen molar-refractivity contribution in [1.82, 2.24) is 9.29 Å². The molecule has 1 fully saturated rings. The standard InChI is InChI=1S/C22H24N2O3S/c1-16-8-9-17(2)21(15-16)28(25,26)24-13-10-19(11-14-24)27-20-7-3-5-18-6-4-12-23-22(18)20/h3-9,12,15,19H,10-11,13-14H2,1-2H3. The number of benzene rings is 2. The van der Waals surface area contributed by atoms with E-state index < -0.39 is 10.0 Å². The molecular formula is C22H24N2O3S. The second-order valence-electron chi connectivity index (χ2n) is 7.32. The van der Waals surface area contributed by atoms with E-state index in [1.807, 2.05) is 56.3 Å². The van der Waals surface area contributed by atoms with Gasteiger partial charge in [0, 0.05) is 24.7 Å². The number of hydrogen-bond acceptors (Lipinski definition) is 4. The van der Waals surface area contributed by atoms with E-state index in [4.69, 9.17) is 4.74 Å². The molecule has 0 unspecified atom stereocenters. The number of pyridine rings is 1. The molecule has 4 rings (SSSR count). The number of aryl methyl sites for hydroxylation is 2. The summed E-state index contributed by atoms with van der Waals surface area (Å²) in [5.41, 5.74) is 2.58. The minimum absolute atomic E-state index is 0.0161. The molecule has 0 atom stereocenters. The minimum Gasteiger partial charge on any atom is -0.488 e. The molecule has 2 aromatic carbocycles. The van der Waals surface area contributed by atoms with Crippen LogP contribution >= 0.6 is 0 Å². The molecular weight excluding hydrogens is 372 g/mol. The van der Waals surface area contributed by atoms with Crippen molar-refractivity contribution in [2.45, 2.75) is 37.7 Å². The first-order valence-electron chi connectivity index (χ1n) is 9.53. The summed E-state index contributed by atoms with van der Waals surface area (Å²) in [6.45, 7) is 4.67. The molecule has 0 saturated carbocycles. The van der Waals surface area contributed by atoms with Crippen LogP contribution in [0.3, 0.4) is 0 Å². The Morgan fingerprint density at radius 3 is 2.57 bits per heavy atom. The second kappa shape index (κ2) is 7.53. The van der Waals surface area contributed by atoms with E-state index in [1.165, 1.54) is 0 Å². The number of piperidine rings is 1. The van der Waals surface area contributed by atoms with Crippen LogP contribution in [0.25, 0.3) is 10.9 Å². The van der Waals surface area contributed by atoms with E-state index in [1.54, 1.807) is 16.6 Å². The third-order valence-electron chi connectivity index (χ3n) is 5.25. The molecule has 28 heavy (non-hydrogen) atoms. The average molecular weight is 397 g/mol. The summed E-state index contributed by atoms with van der Waals surface area (Å²) in [6, 6.07) is 15.4. The monoisotopic (exact) mass is 396 g/mol. The molecule has 146 valence electrons. The number of ether oxygens (including phenoxy) is 1. The van der Waals surface area contributed by atoms with Crippen LogP contribution < -0.4 is 4.74 Å². The molecule has 0 radical (unpaired) electrons. The molecule has 1 saturated heterocycles. The summed E-state index contributed by atoms with van der Waals surface area (Å²) in [6.07, 6.45) is 3.06. The van der Waals surface area contributed by atoms with Gasteiger partial charge in [-0.1, -0.05) is 30.3 Å². The van der Waals surface area contributed by atoms with Gasteiger partial charge in [0.25, 0.3) is 0 Å². The minimum atomic E-state index is -3.48. The molecule has 6 heteroatoms. The van der Waals surface area contributed by atoms with E-state index in [2.05, 4.69) is 4.98 Å². The predicted molar refractivity (Wildman–Crippen MR) is 110 cm³/mol. The number of sulfonamides is 1. The third-order valence-corrected chi connectivity index (χ3v) is 7.29. The van der Waals surface area contributed by atoms with Crippen molar-refractivity contribution in [3.05, 3.63) is 65.9 Å². The van der Waals surface area contributed by atoms with Crippen LogP contribution in [0.4, 0.5) is 0 Å². The number of fused-ring (bicyclic) bond motifs is 1. The Bertz CT molecular complexity index is 1100. The fourth-order valence-electron chi connectivity index (χ4n) is 3.67. The number of rotatable bonds is 4. The van der Waals surface area contributed by atoms with Gasteiger partial charge in [0.15, 0.2) is 0 Å². The van der Waals surface area contributed by atoms with Gasteiger partial charge in [-0.2, -0.15) is 4.31 Å². The first kappa shape index (κ1) is 18.9. The molecule has 5 nitrogen and oxygen atoms in total. The Hall–Kier alpha value is -2.44. The van der Waals surface area contributed by atoms with Crippen LogP contribution in [0, 0.1) is 13.8 Å². The Balaban J connectivity index is 1.48. The Labute approximate surface area is 166 Å². The Morgan fingerprint density at radius 2 is 1.79 bits per heavy atom. The highest BCUT2D eigenvalue weighted by Crippen LogP contribution is 2.28. The quantitative estimate of drug-likeness (QED) is 0.667. The first-order valence-corrected chi connectivity index (χ1v) is 11.0. The first-order chi connectivity index (χ1) is 13.4. The van der Waals surface area contributed by atoms with E-state index in [9.17, 15) is 8.42 Å². The lowest BCUT2D eigenvalue weighted by molar-refractivity contribution is 0.136. The lowest BCUT2D eigenvalue weighted by Crippen LogP contribution is -2.41. The maximum absolute atomic E-state index is 13.1. The normalized spacial score (nSPS) is 16.4. The zero-order valence-corrected chi connectivity index (χ0v) is 16.9. The lowest BCUT2D eigenvalue weighted by Gasteiger charge is -2.32. The van der Waals surface area contributed by atoms with Crippen molar-refractivity contribution in [3.8, 4) is 5.75 Å². The zero-order valence-electron chi connectivity index (χ0n) is 16.1. The fraction of sp³-hybridized carbons (Fsp3) is 0.318. The zero-order chi connectivity index (χ0) is 19.7. The molecule has 0 aliphatic carbocycles. The van der Waals surface area contributed by atoms with Crippen LogP contribution in [-0.2, 0) is 10.0 Å². The Kier molecular flexibility index (Phi) is 5.08. The topological polar surface area (TPSA) is 59.5 Å². The molecule has 1 aliphatic rings. The summed E-state index contributed by atoms with van der Waals surface area (Å²) < 4.78 is 33.9. The predicted octanol–water partition coefficient (Wildman–Crippen LogP) is 4.08. The van der Waals surface area contributed by atoms with E-state index in [0.29, 0.717) is 30.8 Å². The van der Waals surface area contributed by atoms with Crippen molar-refractivity contribution in [2.75, 3.05) is 13.1 Å². The van der Waals surface area contributed by atoms with Crippen molar-refractivity contribution < 1.29 is 13.2 Å². The third kappa shape index (κ3) is 3.62. The smallest absolute Gasteiger partial charge is 0.243 e. The number of hydrogen-bond donors (Lipinski definition) is 0. The fourth-order valence-corrected chi connectivity index (χ4v) is 5.44. The van der Waals surface area contributed by atoms with Gasteiger partial charge >= 0.3 is 0 Å². The summed E-state index contributed by atoms with van der Waals surface area (Å²) in [7, 11) is -3.48. The van der Waals surface area contributed by atoms with Crippen LogP contribution in [-0.4, -0.2) is 36.9 Å². The van der Waals surface area contributed by atoms with Crippen LogP contribution in [0.2, 0.25) is 0 Å². The van der Waals surface area contributed by atoms with Crippen molar-refractivity contribution in [1.29, 1.82) is 0 Å². The molecule has 1 aromatic heterocycles. The van der Waals surface area contributed by atoms with Gasteiger partial charge in [-0.15, -0.1) is 0 Å². The second-order valence-corrected chi connectivity index (χ2v) is 9.23. The summed E-state index contributed by atoms with van der Waals surface area (Å²) in [5, 5.41) is 1.04. The maximum Gasteiger partial charge on any atom is 0.243 e. The molecule has 2 heterocycles. The number of para-hydroxylation sites is 1. The van der Waals surface area contributed by atoms with E-state index in [-0.39, 0.29) is 6.10 Å².